The molecule has 0 heterocycles. The Balaban J connectivity index is 2.23. The molecule has 2 rings (SSSR count). The molecule has 0 radical (unpaired) electrons. The molecule has 0 bridgehead atoms. The van der Waals surface area contributed by atoms with Gasteiger partial charge in [0.25, 0.3) is 0 Å². The highest BCUT2D eigenvalue weighted by Gasteiger charge is 2.11. The van der Waals surface area contributed by atoms with Gasteiger partial charge < -0.3 is 11.1 Å². The van der Waals surface area contributed by atoms with Gasteiger partial charge in [-0.05, 0) is 42.3 Å². The first-order chi connectivity index (χ1) is 9.51. The number of halogens is 3. The van der Waals surface area contributed by atoms with Crippen molar-refractivity contribution in [1.82, 2.24) is 0 Å². The zero-order valence-electron chi connectivity index (χ0n) is 11.0. The lowest BCUT2D eigenvalue weighted by atomic mass is 10.1. The highest BCUT2D eigenvalue weighted by Crippen LogP contribution is 2.28. The van der Waals surface area contributed by atoms with E-state index in [2.05, 4.69) is 5.32 Å². The van der Waals surface area contributed by atoms with E-state index in [4.69, 9.17) is 40.5 Å². The Morgan fingerprint density at radius 2 is 1.75 bits per heavy atom. The molecule has 2 nitrogen and oxygen atoms in total. The lowest BCUT2D eigenvalue weighted by molar-refractivity contribution is 0.790. The second kappa shape index (κ2) is 6.68. The zero-order chi connectivity index (χ0) is 14.7. The molecule has 0 aliphatic carbocycles. The van der Waals surface area contributed by atoms with Crippen LogP contribution < -0.4 is 11.1 Å². The standard InChI is InChI=1S/C15H15Cl3N2/c1-9-2-4-11(7-13(9)17)20-15(8-19)10-3-5-12(16)14(18)6-10/h2-7,15,20H,8,19H2,1H3. The fourth-order valence-electron chi connectivity index (χ4n) is 1.89. The van der Waals surface area contributed by atoms with Crippen molar-refractivity contribution in [3.05, 3.63) is 62.6 Å². The van der Waals surface area contributed by atoms with Gasteiger partial charge >= 0.3 is 0 Å². The summed E-state index contributed by atoms with van der Waals surface area (Å²) >= 11 is 18.1. The average molecular weight is 330 g/mol. The van der Waals surface area contributed by atoms with Crippen molar-refractivity contribution < 1.29 is 0 Å². The molecule has 1 atom stereocenters. The summed E-state index contributed by atoms with van der Waals surface area (Å²) in [5.41, 5.74) is 8.78. The fourth-order valence-corrected chi connectivity index (χ4v) is 2.38. The summed E-state index contributed by atoms with van der Waals surface area (Å²) in [6, 6.07) is 11.3. The van der Waals surface area contributed by atoms with E-state index in [1.54, 1.807) is 6.07 Å². The van der Waals surface area contributed by atoms with Gasteiger partial charge in [-0.25, -0.2) is 0 Å². The summed E-state index contributed by atoms with van der Waals surface area (Å²) in [5.74, 6) is 0. The van der Waals surface area contributed by atoms with Crippen molar-refractivity contribution in [2.24, 2.45) is 5.73 Å². The Kier molecular flexibility index (Phi) is 5.17. The van der Waals surface area contributed by atoms with Crippen LogP contribution in [0.5, 0.6) is 0 Å². The summed E-state index contributed by atoms with van der Waals surface area (Å²) in [7, 11) is 0. The van der Waals surface area contributed by atoms with Crippen molar-refractivity contribution >= 4 is 40.5 Å². The first kappa shape index (κ1) is 15.5. The molecule has 5 heteroatoms. The third kappa shape index (κ3) is 3.58. The Labute approximate surface area is 133 Å². The zero-order valence-corrected chi connectivity index (χ0v) is 13.2. The molecule has 0 fully saturated rings. The van der Waals surface area contributed by atoms with Gasteiger partial charge in [-0.3, -0.25) is 0 Å². The van der Waals surface area contributed by atoms with E-state index in [1.165, 1.54) is 0 Å². The minimum absolute atomic E-state index is 0.0523. The topological polar surface area (TPSA) is 38.0 Å². The van der Waals surface area contributed by atoms with E-state index in [-0.39, 0.29) is 6.04 Å². The summed E-state index contributed by atoms with van der Waals surface area (Å²) < 4.78 is 0. The number of anilines is 1. The van der Waals surface area contributed by atoms with E-state index in [1.807, 2.05) is 37.3 Å². The van der Waals surface area contributed by atoms with Crippen molar-refractivity contribution in [3.63, 3.8) is 0 Å². The minimum Gasteiger partial charge on any atom is -0.377 e. The quantitative estimate of drug-likeness (QED) is 0.822. The van der Waals surface area contributed by atoms with Gasteiger partial charge in [0.05, 0.1) is 16.1 Å². The van der Waals surface area contributed by atoms with Crippen LogP contribution in [0.25, 0.3) is 0 Å². The van der Waals surface area contributed by atoms with Gasteiger partial charge in [-0.2, -0.15) is 0 Å². The Morgan fingerprint density at radius 1 is 1.00 bits per heavy atom. The van der Waals surface area contributed by atoms with Gasteiger partial charge in [-0.15, -0.1) is 0 Å². The summed E-state index contributed by atoms with van der Waals surface area (Å²) in [6.45, 7) is 2.40. The van der Waals surface area contributed by atoms with Crippen LogP contribution >= 0.6 is 34.8 Å². The van der Waals surface area contributed by atoms with Crippen LogP contribution in [-0.4, -0.2) is 6.54 Å². The molecule has 0 aromatic heterocycles. The molecule has 0 amide bonds. The largest absolute Gasteiger partial charge is 0.377 e. The van der Waals surface area contributed by atoms with Gasteiger partial charge in [0.15, 0.2) is 0 Å². The van der Waals surface area contributed by atoms with Crippen LogP contribution in [0.1, 0.15) is 17.2 Å². The summed E-state index contributed by atoms with van der Waals surface area (Å²) in [4.78, 5) is 0. The highest BCUT2D eigenvalue weighted by molar-refractivity contribution is 6.42. The predicted octanol–water partition coefficient (Wildman–Crippen LogP) is 5.07. The number of nitrogens with one attached hydrogen (secondary N) is 1. The molecule has 0 aliphatic rings. The maximum atomic E-state index is 6.12. The van der Waals surface area contributed by atoms with Crippen molar-refractivity contribution in [2.75, 3.05) is 11.9 Å². The van der Waals surface area contributed by atoms with Crippen LogP contribution in [0.3, 0.4) is 0 Å². The smallest absolute Gasteiger partial charge is 0.0636 e. The van der Waals surface area contributed by atoms with Crippen LogP contribution in [0, 0.1) is 6.92 Å². The van der Waals surface area contributed by atoms with Crippen LogP contribution in [0.4, 0.5) is 5.69 Å². The molecule has 0 aliphatic heterocycles. The first-order valence-electron chi connectivity index (χ1n) is 6.19. The lowest BCUT2D eigenvalue weighted by Crippen LogP contribution is -2.20. The number of hydrogen-bond donors (Lipinski definition) is 2. The minimum atomic E-state index is -0.0523. The van der Waals surface area contributed by atoms with Crippen LogP contribution in [0.2, 0.25) is 15.1 Å². The third-order valence-electron chi connectivity index (χ3n) is 3.09. The normalized spacial score (nSPS) is 12.2. The second-order valence-corrected chi connectivity index (χ2v) is 5.79. The molecule has 2 aromatic rings. The lowest BCUT2D eigenvalue weighted by Gasteiger charge is -2.19. The third-order valence-corrected chi connectivity index (χ3v) is 4.24. The number of aryl methyl sites for hydroxylation is 1. The molecular weight excluding hydrogens is 315 g/mol. The van der Waals surface area contributed by atoms with Crippen molar-refractivity contribution in [3.8, 4) is 0 Å². The maximum Gasteiger partial charge on any atom is 0.0636 e. The van der Waals surface area contributed by atoms with Gasteiger partial charge in [0.1, 0.15) is 0 Å². The molecule has 0 saturated heterocycles. The molecule has 20 heavy (non-hydrogen) atoms. The Bertz CT molecular complexity index is 614. The van der Waals surface area contributed by atoms with Gasteiger partial charge in [0, 0.05) is 17.3 Å². The van der Waals surface area contributed by atoms with E-state index in [0.717, 1.165) is 21.8 Å². The molecule has 0 saturated carbocycles. The van der Waals surface area contributed by atoms with Crippen LogP contribution in [-0.2, 0) is 0 Å². The number of benzene rings is 2. The fraction of sp³-hybridized carbons (Fsp3) is 0.200. The molecule has 106 valence electrons. The van der Waals surface area contributed by atoms with E-state index in [0.29, 0.717) is 16.6 Å². The first-order valence-corrected chi connectivity index (χ1v) is 7.32. The van der Waals surface area contributed by atoms with Crippen LogP contribution in [0.15, 0.2) is 36.4 Å². The molecule has 1 unspecified atom stereocenters. The number of nitrogens with two attached hydrogens (primary N) is 1. The molecular formula is C15H15Cl3N2. The van der Waals surface area contributed by atoms with E-state index < -0.39 is 0 Å². The van der Waals surface area contributed by atoms with Crippen molar-refractivity contribution in [2.45, 2.75) is 13.0 Å². The SMILES string of the molecule is Cc1ccc(NC(CN)c2ccc(Cl)c(Cl)c2)cc1Cl. The molecule has 3 N–H and O–H groups in total. The van der Waals surface area contributed by atoms with Gasteiger partial charge in [-0.1, -0.05) is 46.9 Å². The second-order valence-electron chi connectivity index (χ2n) is 4.57. The summed E-state index contributed by atoms with van der Waals surface area (Å²) in [5, 5.41) is 5.12. The Hall–Kier alpha value is -0.930. The maximum absolute atomic E-state index is 6.12. The predicted molar refractivity (Wildman–Crippen MR) is 88.1 cm³/mol. The van der Waals surface area contributed by atoms with Crippen molar-refractivity contribution in [1.29, 1.82) is 0 Å². The highest BCUT2D eigenvalue weighted by atomic mass is 35.5. The molecule has 0 spiro atoms. The van der Waals surface area contributed by atoms with E-state index in [9.17, 15) is 0 Å². The van der Waals surface area contributed by atoms with E-state index >= 15 is 0 Å². The average Bonchev–Trinajstić information content (AvgIpc) is 2.43. The van der Waals surface area contributed by atoms with Gasteiger partial charge in [0.2, 0.25) is 0 Å². The molecule has 2 aromatic carbocycles. The number of rotatable bonds is 4. The number of hydrogen-bond acceptors (Lipinski definition) is 2. The monoisotopic (exact) mass is 328 g/mol. The summed E-state index contributed by atoms with van der Waals surface area (Å²) in [6.07, 6.45) is 0. The Morgan fingerprint density at radius 3 is 2.35 bits per heavy atom.